The topological polar surface area (TPSA) is 6.48 Å². The van der Waals surface area contributed by atoms with E-state index in [0.717, 1.165) is 18.0 Å². The van der Waals surface area contributed by atoms with Gasteiger partial charge in [0, 0.05) is 31.7 Å². The van der Waals surface area contributed by atoms with E-state index < -0.39 is 0 Å². The highest BCUT2D eigenvalue weighted by Gasteiger charge is 2.31. The monoisotopic (exact) mass is 196 g/mol. The fourth-order valence-corrected chi connectivity index (χ4v) is 2.97. The molecular formula is C12H24N2. The maximum atomic E-state index is 2.72. The van der Waals surface area contributed by atoms with E-state index in [2.05, 4.69) is 30.6 Å². The van der Waals surface area contributed by atoms with Crippen LogP contribution >= 0.6 is 0 Å². The molecule has 2 aliphatic rings. The summed E-state index contributed by atoms with van der Waals surface area (Å²) < 4.78 is 0. The highest BCUT2D eigenvalue weighted by atomic mass is 15.3. The summed E-state index contributed by atoms with van der Waals surface area (Å²) in [7, 11) is 0. The van der Waals surface area contributed by atoms with Crippen molar-refractivity contribution in [2.45, 2.75) is 45.7 Å². The normalized spacial score (nSPS) is 36.0. The lowest BCUT2D eigenvalue weighted by Crippen LogP contribution is -2.39. The van der Waals surface area contributed by atoms with Crippen molar-refractivity contribution < 1.29 is 0 Å². The van der Waals surface area contributed by atoms with E-state index in [1.165, 1.54) is 39.0 Å². The van der Waals surface area contributed by atoms with Gasteiger partial charge < -0.3 is 0 Å². The Morgan fingerprint density at radius 2 is 1.93 bits per heavy atom. The first-order valence-electron chi connectivity index (χ1n) is 6.15. The lowest BCUT2D eigenvalue weighted by atomic mass is 10.1. The van der Waals surface area contributed by atoms with Crippen LogP contribution in [0, 0.1) is 5.92 Å². The summed E-state index contributed by atoms with van der Waals surface area (Å²) in [6, 6.07) is 1.58. The first kappa shape index (κ1) is 10.4. The molecule has 0 bridgehead atoms. The van der Waals surface area contributed by atoms with Crippen molar-refractivity contribution in [3.63, 3.8) is 0 Å². The van der Waals surface area contributed by atoms with Crippen LogP contribution in [-0.2, 0) is 0 Å². The van der Waals surface area contributed by atoms with Crippen molar-refractivity contribution in [2.24, 2.45) is 5.92 Å². The van der Waals surface area contributed by atoms with Crippen LogP contribution in [-0.4, -0.2) is 48.1 Å². The third-order valence-electron chi connectivity index (χ3n) is 3.77. The van der Waals surface area contributed by atoms with E-state index in [0.29, 0.717) is 0 Å². The van der Waals surface area contributed by atoms with Crippen molar-refractivity contribution in [1.29, 1.82) is 0 Å². The third-order valence-corrected chi connectivity index (χ3v) is 3.77. The SMILES string of the molecule is CC1CN(C(C)C)C[C@@H]2CCCN2C1. The van der Waals surface area contributed by atoms with Gasteiger partial charge in [-0.3, -0.25) is 9.80 Å². The molecule has 0 saturated carbocycles. The van der Waals surface area contributed by atoms with Crippen molar-refractivity contribution in [3.05, 3.63) is 0 Å². The van der Waals surface area contributed by atoms with Gasteiger partial charge in [0.15, 0.2) is 0 Å². The van der Waals surface area contributed by atoms with Crippen LogP contribution in [0.2, 0.25) is 0 Å². The largest absolute Gasteiger partial charge is 0.299 e. The molecule has 0 aliphatic carbocycles. The Hall–Kier alpha value is -0.0800. The molecule has 14 heavy (non-hydrogen) atoms. The minimum absolute atomic E-state index is 0.720. The molecule has 2 rings (SSSR count). The van der Waals surface area contributed by atoms with Crippen LogP contribution in [0.15, 0.2) is 0 Å². The molecule has 2 nitrogen and oxygen atoms in total. The zero-order chi connectivity index (χ0) is 10.1. The molecule has 0 spiro atoms. The summed E-state index contributed by atoms with van der Waals surface area (Å²) in [6.07, 6.45) is 2.85. The zero-order valence-corrected chi connectivity index (χ0v) is 9.87. The van der Waals surface area contributed by atoms with Gasteiger partial charge in [-0.2, -0.15) is 0 Å². The smallest absolute Gasteiger partial charge is 0.0223 e. The molecule has 0 aromatic heterocycles. The van der Waals surface area contributed by atoms with E-state index in [1.807, 2.05) is 0 Å². The third kappa shape index (κ3) is 2.12. The summed E-state index contributed by atoms with van der Waals surface area (Å²) in [6.45, 7) is 12.3. The Balaban J connectivity index is 2.03. The number of nitrogens with zero attached hydrogens (tertiary/aromatic N) is 2. The van der Waals surface area contributed by atoms with Gasteiger partial charge in [0.25, 0.3) is 0 Å². The van der Waals surface area contributed by atoms with E-state index >= 15 is 0 Å². The van der Waals surface area contributed by atoms with Crippen LogP contribution in [0.5, 0.6) is 0 Å². The van der Waals surface area contributed by atoms with Crippen molar-refractivity contribution >= 4 is 0 Å². The molecule has 2 heteroatoms. The molecule has 82 valence electrons. The van der Waals surface area contributed by atoms with E-state index in [-0.39, 0.29) is 0 Å². The van der Waals surface area contributed by atoms with Gasteiger partial charge in [-0.05, 0) is 39.2 Å². The molecule has 0 N–H and O–H groups in total. The number of hydrogen-bond acceptors (Lipinski definition) is 2. The molecular weight excluding hydrogens is 172 g/mol. The predicted molar refractivity (Wildman–Crippen MR) is 60.5 cm³/mol. The van der Waals surface area contributed by atoms with E-state index in [1.54, 1.807) is 0 Å². The van der Waals surface area contributed by atoms with Gasteiger partial charge in [0.2, 0.25) is 0 Å². The number of fused-ring (bicyclic) bond motifs is 1. The van der Waals surface area contributed by atoms with Crippen LogP contribution in [0.4, 0.5) is 0 Å². The molecule has 2 aliphatic heterocycles. The first-order valence-corrected chi connectivity index (χ1v) is 6.15. The predicted octanol–water partition coefficient (Wildman–Crippen LogP) is 1.81. The average molecular weight is 196 g/mol. The van der Waals surface area contributed by atoms with E-state index in [9.17, 15) is 0 Å². The molecule has 0 radical (unpaired) electrons. The van der Waals surface area contributed by atoms with Crippen LogP contribution in [0.3, 0.4) is 0 Å². The Morgan fingerprint density at radius 3 is 2.64 bits per heavy atom. The molecule has 2 saturated heterocycles. The van der Waals surface area contributed by atoms with Crippen LogP contribution < -0.4 is 0 Å². The quantitative estimate of drug-likeness (QED) is 0.631. The fourth-order valence-electron chi connectivity index (χ4n) is 2.97. The van der Waals surface area contributed by atoms with Crippen molar-refractivity contribution in [2.75, 3.05) is 26.2 Å². The summed E-state index contributed by atoms with van der Waals surface area (Å²) in [5.41, 5.74) is 0. The van der Waals surface area contributed by atoms with Gasteiger partial charge in [0.05, 0.1) is 0 Å². The highest BCUT2D eigenvalue weighted by molar-refractivity contribution is 4.87. The molecule has 2 atom stereocenters. The Kier molecular flexibility index (Phi) is 3.13. The Labute approximate surface area is 88.3 Å². The van der Waals surface area contributed by atoms with Crippen molar-refractivity contribution in [1.82, 2.24) is 9.80 Å². The maximum Gasteiger partial charge on any atom is 0.0223 e. The first-order chi connectivity index (χ1) is 6.66. The van der Waals surface area contributed by atoms with Crippen LogP contribution in [0.25, 0.3) is 0 Å². The second kappa shape index (κ2) is 4.19. The fraction of sp³-hybridized carbons (Fsp3) is 1.00. The average Bonchev–Trinajstić information content (AvgIpc) is 2.45. The zero-order valence-electron chi connectivity index (χ0n) is 9.87. The number of hydrogen-bond donors (Lipinski definition) is 0. The summed E-state index contributed by atoms with van der Waals surface area (Å²) in [4.78, 5) is 5.38. The Morgan fingerprint density at radius 1 is 1.14 bits per heavy atom. The second-order valence-electron chi connectivity index (χ2n) is 5.44. The van der Waals surface area contributed by atoms with Crippen LogP contribution in [0.1, 0.15) is 33.6 Å². The lowest BCUT2D eigenvalue weighted by Gasteiger charge is -2.28. The van der Waals surface area contributed by atoms with Crippen molar-refractivity contribution in [3.8, 4) is 0 Å². The second-order valence-corrected chi connectivity index (χ2v) is 5.44. The summed E-state index contributed by atoms with van der Waals surface area (Å²) in [5, 5.41) is 0. The molecule has 1 unspecified atom stereocenters. The van der Waals surface area contributed by atoms with Gasteiger partial charge in [-0.1, -0.05) is 6.92 Å². The minimum atomic E-state index is 0.720. The van der Waals surface area contributed by atoms with Gasteiger partial charge in [-0.15, -0.1) is 0 Å². The van der Waals surface area contributed by atoms with Gasteiger partial charge in [-0.25, -0.2) is 0 Å². The maximum absolute atomic E-state index is 2.72. The molecule has 0 amide bonds. The summed E-state index contributed by atoms with van der Waals surface area (Å²) in [5.74, 6) is 0.848. The molecule has 0 aromatic rings. The molecule has 2 heterocycles. The summed E-state index contributed by atoms with van der Waals surface area (Å²) >= 11 is 0. The van der Waals surface area contributed by atoms with E-state index in [4.69, 9.17) is 0 Å². The van der Waals surface area contributed by atoms with Gasteiger partial charge >= 0.3 is 0 Å². The standard InChI is InChI=1S/C12H24N2/c1-10(2)14-8-11(3)7-13-6-4-5-12(13)9-14/h10-12H,4-9H2,1-3H3/t11?,12-/m0/s1. The lowest BCUT2D eigenvalue weighted by molar-refractivity contribution is 0.188. The minimum Gasteiger partial charge on any atom is -0.299 e. The van der Waals surface area contributed by atoms with Gasteiger partial charge in [0.1, 0.15) is 0 Å². The molecule has 2 fully saturated rings. The number of rotatable bonds is 1. The molecule has 0 aromatic carbocycles. The highest BCUT2D eigenvalue weighted by Crippen LogP contribution is 2.24. The Bertz CT molecular complexity index is 191.